The van der Waals surface area contributed by atoms with Gasteiger partial charge < -0.3 is 15.5 Å². The van der Waals surface area contributed by atoms with Gasteiger partial charge in [-0.15, -0.1) is 0 Å². The van der Waals surface area contributed by atoms with E-state index in [4.69, 9.17) is 5.73 Å². The first-order valence-electron chi connectivity index (χ1n) is 4.12. The highest BCUT2D eigenvalue weighted by atomic mass is 16.1. The SMILES string of the molecule is CN(C)C(=NCCC(N)=O)N(C)C. The molecule has 0 unspecified atom stereocenters. The number of hydrogen-bond donors (Lipinski definition) is 1. The number of amides is 1. The average molecular weight is 186 g/mol. The summed E-state index contributed by atoms with van der Waals surface area (Å²) in [7, 11) is 7.62. The van der Waals surface area contributed by atoms with Gasteiger partial charge in [0.2, 0.25) is 5.91 Å². The summed E-state index contributed by atoms with van der Waals surface area (Å²) in [5.41, 5.74) is 5.00. The molecule has 0 aliphatic heterocycles. The zero-order valence-electron chi connectivity index (χ0n) is 8.74. The molecule has 0 heterocycles. The molecule has 0 aliphatic rings. The molecule has 0 spiro atoms. The first kappa shape index (κ1) is 11.7. The molecule has 13 heavy (non-hydrogen) atoms. The van der Waals surface area contributed by atoms with Crippen LogP contribution in [0.3, 0.4) is 0 Å². The molecule has 0 fully saturated rings. The Balaban J connectivity index is 4.13. The average Bonchev–Trinajstić information content (AvgIpc) is 1.95. The van der Waals surface area contributed by atoms with E-state index in [1.165, 1.54) is 0 Å². The lowest BCUT2D eigenvalue weighted by Crippen LogP contribution is -2.35. The Bertz CT molecular complexity index is 188. The van der Waals surface area contributed by atoms with Crippen LogP contribution in [0.5, 0.6) is 0 Å². The second-order valence-electron chi connectivity index (χ2n) is 3.19. The van der Waals surface area contributed by atoms with Crippen molar-refractivity contribution in [2.75, 3.05) is 34.7 Å². The van der Waals surface area contributed by atoms with Crippen LogP contribution in [0.15, 0.2) is 4.99 Å². The van der Waals surface area contributed by atoms with E-state index in [2.05, 4.69) is 4.99 Å². The van der Waals surface area contributed by atoms with E-state index >= 15 is 0 Å². The predicted molar refractivity (Wildman–Crippen MR) is 53.5 cm³/mol. The molecule has 0 bridgehead atoms. The number of nitrogens with two attached hydrogens (primary N) is 1. The molecule has 0 aromatic heterocycles. The fourth-order valence-corrected chi connectivity index (χ4v) is 0.949. The molecule has 76 valence electrons. The Hall–Kier alpha value is -1.26. The highest BCUT2D eigenvalue weighted by molar-refractivity contribution is 5.79. The predicted octanol–water partition coefficient (Wildman–Crippen LogP) is -0.659. The maximum Gasteiger partial charge on any atom is 0.219 e. The van der Waals surface area contributed by atoms with Crippen LogP contribution in [0.1, 0.15) is 6.42 Å². The monoisotopic (exact) mass is 186 g/mol. The Morgan fingerprint density at radius 2 is 1.69 bits per heavy atom. The maximum atomic E-state index is 10.4. The van der Waals surface area contributed by atoms with Crippen LogP contribution in [0.4, 0.5) is 0 Å². The standard InChI is InChI=1S/C8H18N4O/c1-11(2)8(12(3)4)10-6-5-7(9)13/h5-6H2,1-4H3,(H2,9,13). The van der Waals surface area contributed by atoms with Crippen LogP contribution in [0.2, 0.25) is 0 Å². The van der Waals surface area contributed by atoms with Crippen LogP contribution in [0, 0.1) is 0 Å². The van der Waals surface area contributed by atoms with Gasteiger partial charge in [0.05, 0.1) is 6.54 Å². The summed E-state index contributed by atoms with van der Waals surface area (Å²) in [5.74, 6) is 0.516. The number of carbonyl (C=O) groups is 1. The number of aliphatic imine (C=N–C) groups is 1. The number of primary amides is 1. The van der Waals surface area contributed by atoms with Gasteiger partial charge in [0, 0.05) is 34.6 Å². The van der Waals surface area contributed by atoms with E-state index in [1.807, 2.05) is 38.0 Å². The molecular formula is C8H18N4O. The summed E-state index contributed by atoms with van der Waals surface area (Å²) in [6.07, 6.45) is 0.297. The molecule has 1 amide bonds. The number of rotatable bonds is 3. The van der Waals surface area contributed by atoms with Gasteiger partial charge in [0.25, 0.3) is 0 Å². The molecule has 0 saturated heterocycles. The maximum absolute atomic E-state index is 10.4. The minimum absolute atomic E-state index is 0.297. The Morgan fingerprint density at radius 3 is 2.00 bits per heavy atom. The summed E-state index contributed by atoms with van der Waals surface area (Å²) >= 11 is 0. The molecule has 5 nitrogen and oxygen atoms in total. The molecule has 0 aromatic carbocycles. The van der Waals surface area contributed by atoms with Gasteiger partial charge in [-0.05, 0) is 0 Å². The molecule has 0 atom stereocenters. The van der Waals surface area contributed by atoms with Crippen molar-refractivity contribution in [2.45, 2.75) is 6.42 Å². The quantitative estimate of drug-likeness (QED) is 0.470. The van der Waals surface area contributed by atoms with Crippen LogP contribution < -0.4 is 5.73 Å². The van der Waals surface area contributed by atoms with Crippen LogP contribution >= 0.6 is 0 Å². The van der Waals surface area contributed by atoms with Gasteiger partial charge in [-0.25, -0.2) is 0 Å². The summed E-state index contributed by atoms with van der Waals surface area (Å²) in [6.45, 7) is 0.445. The number of hydrogen-bond acceptors (Lipinski definition) is 2. The topological polar surface area (TPSA) is 61.9 Å². The van der Waals surface area contributed by atoms with Crippen LogP contribution in [-0.2, 0) is 4.79 Å². The summed E-state index contributed by atoms with van der Waals surface area (Å²) < 4.78 is 0. The van der Waals surface area contributed by atoms with Crippen LogP contribution in [0.25, 0.3) is 0 Å². The van der Waals surface area contributed by atoms with E-state index in [0.717, 1.165) is 5.96 Å². The molecule has 5 heteroatoms. The van der Waals surface area contributed by atoms with Gasteiger partial charge in [-0.3, -0.25) is 9.79 Å². The second-order valence-corrected chi connectivity index (χ2v) is 3.19. The molecule has 0 radical (unpaired) electrons. The van der Waals surface area contributed by atoms with Crippen molar-refractivity contribution in [3.8, 4) is 0 Å². The van der Waals surface area contributed by atoms with Gasteiger partial charge in [-0.1, -0.05) is 0 Å². The molecule has 2 N–H and O–H groups in total. The lowest BCUT2D eigenvalue weighted by molar-refractivity contribution is -0.117. The first-order valence-corrected chi connectivity index (χ1v) is 4.12. The van der Waals surface area contributed by atoms with Gasteiger partial charge >= 0.3 is 0 Å². The van der Waals surface area contributed by atoms with E-state index < -0.39 is 0 Å². The van der Waals surface area contributed by atoms with Gasteiger partial charge in [0.15, 0.2) is 5.96 Å². The molecular weight excluding hydrogens is 168 g/mol. The highest BCUT2D eigenvalue weighted by Crippen LogP contribution is 1.90. The summed E-state index contributed by atoms with van der Waals surface area (Å²) in [5, 5.41) is 0. The molecule has 0 aliphatic carbocycles. The van der Waals surface area contributed by atoms with Crippen molar-refractivity contribution in [2.24, 2.45) is 10.7 Å². The van der Waals surface area contributed by atoms with Crippen molar-refractivity contribution in [3.63, 3.8) is 0 Å². The minimum Gasteiger partial charge on any atom is -0.370 e. The Morgan fingerprint density at radius 1 is 1.23 bits per heavy atom. The van der Waals surface area contributed by atoms with Crippen molar-refractivity contribution >= 4 is 11.9 Å². The normalized spacial score (nSPS) is 9.23. The third-order valence-corrected chi connectivity index (χ3v) is 1.41. The summed E-state index contributed by atoms with van der Waals surface area (Å²) in [6, 6.07) is 0. The number of carbonyl (C=O) groups excluding carboxylic acids is 1. The van der Waals surface area contributed by atoms with Crippen LogP contribution in [-0.4, -0.2) is 56.4 Å². The van der Waals surface area contributed by atoms with E-state index in [1.54, 1.807) is 0 Å². The van der Waals surface area contributed by atoms with Crippen molar-refractivity contribution < 1.29 is 4.79 Å². The minimum atomic E-state index is -0.319. The highest BCUT2D eigenvalue weighted by Gasteiger charge is 2.03. The van der Waals surface area contributed by atoms with E-state index in [9.17, 15) is 4.79 Å². The molecule has 0 aromatic rings. The third kappa shape index (κ3) is 5.05. The fourth-order valence-electron chi connectivity index (χ4n) is 0.949. The zero-order valence-corrected chi connectivity index (χ0v) is 8.74. The zero-order chi connectivity index (χ0) is 10.4. The lowest BCUT2D eigenvalue weighted by atomic mass is 10.4. The van der Waals surface area contributed by atoms with E-state index in [-0.39, 0.29) is 5.91 Å². The Kier molecular flexibility index (Phi) is 4.87. The largest absolute Gasteiger partial charge is 0.370 e. The van der Waals surface area contributed by atoms with Gasteiger partial charge in [-0.2, -0.15) is 0 Å². The number of nitrogens with zero attached hydrogens (tertiary/aromatic N) is 3. The van der Waals surface area contributed by atoms with Crippen molar-refractivity contribution in [3.05, 3.63) is 0 Å². The third-order valence-electron chi connectivity index (χ3n) is 1.41. The summed E-state index contributed by atoms with van der Waals surface area (Å²) in [4.78, 5) is 18.5. The van der Waals surface area contributed by atoms with Crippen molar-refractivity contribution in [1.29, 1.82) is 0 Å². The van der Waals surface area contributed by atoms with Gasteiger partial charge in [0.1, 0.15) is 0 Å². The second kappa shape index (κ2) is 5.40. The molecule has 0 saturated carbocycles. The number of guanidine groups is 1. The van der Waals surface area contributed by atoms with E-state index in [0.29, 0.717) is 13.0 Å². The smallest absolute Gasteiger partial charge is 0.219 e. The Labute approximate surface area is 79.2 Å². The first-order chi connectivity index (χ1) is 5.95. The van der Waals surface area contributed by atoms with Crippen molar-refractivity contribution in [1.82, 2.24) is 9.80 Å². The fraction of sp³-hybridized carbons (Fsp3) is 0.750. The lowest BCUT2D eigenvalue weighted by Gasteiger charge is -2.22. The molecule has 0 rings (SSSR count).